The summed E-state index contributed by atoms with van der Waals surface area (Å²) >= 11 is 0. The van der Waals surface area contributed by atoms with Gasteiger partial charge >= 0.3 is 0 Å². The van der Waals surface area contributed by atoms with E-state index < -0.39 is 0 Å². The van der Waals surface area contributed by atoms with Crippen molar-refractivity contribution in [3.05, 3.63) is 48.7 Å². The highest BCUT2D eigenvalue weighted by Crippen LogP contribution is 2.50. The van der Waals surface area contributed by atoms with Gasteiger partial charge in [0.05, 0.1) is 25.4 Å². The van der Waals surface area contributed by atoms with E-state index in [0.717, 1.165) is 51.6 Å². The zero-order chi connectivity index (χ0) is 20.1. The molecule has 0 aromatic carbocycles. The fourth-order valence-electron chi connectivity index (χ4n) is 5.25. The minimum atomic E-state index is 0.0413. The molecule has 2 saturated heterocycles. The lowest BCUT2D eigenvalue weighted by Gasteiger charge is -2.54. The Kier molecular flexibility index (Phi) is 7.19. The van der Waals surface area contributed by atoms with E-state index in [4.69, 9.17) is 10.5 Å². The summed E-state index contributed by atoms with van der Waals surface area (Å²) in [5.74, 6) is 0.777. The zero-order valence-corrected chi connectivity index (χ0v) is 17.9. The lowest BCUT2D eigenvalue weighted by Crippen LogP contribution is -2.56. The van der Waals surface area contributed by atoms with Crippen LogP contribution in [0.5, 0.6) is 0 Å². The SMILES string of the molecule is C=C/C(=C\C=C/C)C1CCCN1C(=C)CC(N)N(CC)CC1CC2(COC2)C1. The maximum Gasteiger partial charge on any atom is 0.0627 e. The lowest BCUT2D eigenvalue weighted by molar-refractivity contribution is -0.182. The normalized spacial score (nSPS) is 25.9. The van der Waals surface area contributed by atoms with Gasteiger partial charge in [0.1, 0.15) is 0 Å². The van der Waals surface area contributed by atoms with Gasteiger partial charge in [-0.3, -0.25) is 4.90 Å². The molecule has 0 radical (unpaired) electrons. The van der Waals surface area contributed by atoms with Gasteiger partial charge in [-0.1, -0.05) is 44.4 Å². The highest BCUT2D eigenvalue weighted by atomic mass is 16.5. The molecule has 28 heavy (non-hydrogen) atoms. The van der Waals surface area contributed by atoms with Crippen LogP contribution in [-0.2, 0) is 4.74 Å². The standard InChI is InChI=1S/C24H39N3O/c1-5-8-10-21(6-2)22-11-9-12-27(22)19(4)13-23(25)26(7-3)16-20-14-24(15-20)17-28-18-24/h5-6,8,10,20,22-23H,2,4,7,9,11-18,25H2,1,3H3/b8-5-,21-10+. The van der Waals surface area contributed by atoms with E-state index >= 15 is 0 Å². The fraction of sp³-hybridized carbons (Fsp3) is 0.667. The van der Waals surface area contributed by atoms with E-state index in [-0.39, 0.29) is 6.17 Å². The zero-order valence-electron chi connectivity index (χ0n) is 17.9. The van der Waals surface area contributed by atoms with Crippen LogP contribution in [-0.4, -0.2) is 54.9 Å². The first-order chi connectivity index (χ1) is 13.5. The number of ether oxygens (including phenoxy) is 1. The molecule has 0 aromatic rings. The summed E-state index contributed by atoms with van der Waals surface area (Å²) in [5, 5.41) is 0. The molecule has 156 valence electrons. The summed E-state index contributed by atoms with van der Waals surface area (Å²) in [7, 11) is 0. The van der Waals surface area contributed by atoms with Crippen molar-refractivity contribution in [3.8, 4) is 0 Å². The molecule has 0 aromatic heterocycles. The molecule has 4 nitrogen and oxygen atoms in total. The Morgan fingerprint density at radius 1 is 1.39 bits per heavy atom. The molecule has 1 saturated carbocycles. The number of hydrogen-bond donors (Lipinski definition) is 1. The van der Waals surface area contributed by atoms with E-state index in [1.165, 1.54) is 30.5 Å². The summed E-state index contributed by atoms with van der Waals surface area (Å²) in [5.41, 5.74) is 9.61. The van der Waals surface area contributed by atoms with Crippen molar-refractivity contribution in [2.45, 2.75) is 58.2 Å². The summed E-state index contributed by atoms with van der Waals surface area (Å²) in [6.07, 6.45) is 14.2. The van der Waals surface area contributed by atoms with Gasteiger partial charge in [0.25, 0.3) is 0 Å². The Morgan fingerprint density at radius 2 is 2.14 bits per heavy atom. The van der Waals surface area contributed by atoms with E-state index in [9.17, 15) is 0 Å². The summed E-state index contributed by atoms with van der Waals surface area (Å²) in [4.78, 5) is 4.89. The van der Waals surface area contributed by atoms with Crippen LogP contribution < -0.4 is 5.73 Å². The maximum atomic E-state index is 6.64. The molecule has 2 atom stereocenters. The van der Waals surface area contributed by atoms with Crippen molar-refractivity contribution < 1.29 is 4.74 Å². The van der Waals surface area contributed by atoms with Gasteiger partial charge in [-0.05, 0) is 50.6 Å². The molecule has 3 aliphatic rings. The Labute approximate surface area is 171 Å². The van der Waals surface area contributed by atoms with Crippen molar-refractivity contribution in [2.75, 3.05) is 32.8 Å². The quantitative estimate of drug-likeness (QED) is 0.454. The number of rotatable bonds is 10. The molecule has 3 fully saturated rings. The second-order valence-corrected chi connectivity index (χ2v) is 8.94. The Bertz CT molecular complexity index is 611. The minimum absolute atomic E-state index is 0.0413. The van der Waals surface area contributed by atoms with Crippen LogP contribution in [0, 0.1) is 11.3 Å². The number of likely N-dealkylation sites (tertiary alicyclic amines) is 1. The second-order valence-electron chi connectivity index (χ2n) is 8.94. The molecule has 0 bridgehead atoms. The first-order valence-corrected chi connectivity index (χ1v) is 11.0. The van der Waals surface area contributed by atoms with Crippen molar-refractivity contribution in [3.63, 3.8) is 0 Å². The first-order valence-electron chi connectivity index (χ1n) is 11.0. The summed E-state index contributed by atoms with van der Waals surface area (Å²) in [6, 6.07) is 0.383. The van der Waals surface area contributed by atoms with Crippen LogP contribution >= 0.6 is 0 Å². The van der Waals surface area contributed by atoms with Gasteiger partial charge in [0, 0.05) is 30.6 Å². The smallest absolute Gasteiger partial charge is 0.0627 e. The highest BCUT2D eigenvalue weighted by Gasteiger charge is 2.49. The van der Waals surface area contributed by atoms with Gasteiger partial charge in [0.2, 0.25) is 0 Å². The summed E-state index contributed by atoms with van der Waals surface area (Å²) in [6.45, 7) is 17.8. The molecular weight excluding hydrogens is 346 g/mol. The minimum Gasteiger partial charge on any atom is -0.380 e. The van der Waals surface area contributed by atoms with Crippen LogP contribution in [0.4, 0.5) is 0 Å². The number of nitrogens with zero attached hydrogens (tertiary/aromatic N) is 2. The third kappa shape index (κ3) is 4.61. The topological polar surface area (TPSA) is 41.7 Å². The van der Waals surface area contributed by atoms with Crippen LogP contribution in [0.15, 0.2) is 48.7 Å². The number of hydrogen-bond acceptors (Lipinski definition) is 4. The molecule has 1 spiro atoms. The number of nitrogens with two attached hydrogens (primary N) is 1. The van der Waals surface area contributed by atoms with Gasteiger partial charge in [-0.2, -0.15) is 0 Å². The largest absolute Gasteiger partial charge is 0.380 e. The summed E-state index contributed by atoms with van der Waals surface area (Å²) < 4.78 is 5.41. The van der Waals surface area contributed by atoms with E-state index in [1.807, 2.05) is 13.0 Å². The van der Waals surface area contributed by atoms with Crippen molar-refractivity contribution in [1.82, 2.24) is 9.80 Å². The van der Waals surface area contributed by atoms with Crippen LogP contribution in [0.1, 0.15) is 46.0 Å². The van der Waals surface area contributed by atoms with Gasteiger partial charge in [-0.15, -0.1) is 0 Å². The van der Waals surface area contributed by atoms with Crippen molar-refractivity contribution in [1.29, 1.82) is 0 Å². The van der Waals surface area contributed by atoms with E-state index in [1.54, 1.807) is 0 Å². The van der Waals surface area contributed by atoms with Crippen molar-refractivity contribution >= 4 is 0 Å². The molecule has 2 aliphatic heterocycles. The number of allylic oxidation sites excluding steroid dienone is 3. The lowest BCUT2D eigenvalue weighted by atomic mass is 9.60. The molecule has 4 heteroatoms. The Hall–Kier alpha value is -1.36. The molecule has 2 N–H and O–H groups in total. The molecule has 0 amide bonds. The molecule has 3 rings (SSSR count). The average Bonchev–Trinajstić information content (AvgIpc) is 3.09. The maximum absolute atomic E-state index is 6.64. The predicted octanol–water partition coefficient (Wildman–Crippen LogP) is 4.08. The van der Waals surface area contributed by atoms with E-state index in [2.05, 4.69) is 48.1 Å². The van der Waals surface area contributed by atoms with Crippen LogP contribution in [0.2, 0.25) is 0 Å². The van der Waals surface area contributed by atoms with E-state index in [0.29, 0.717) is 11.5 Å². The van der Waals surface area contributed by atoms with Gasteiger partial charge < -0.3 is 15.4 Å². The second kappa shape index (κ2) is 9.43. The third-order valence-electron chi connectivity index (χ3n) is 6.83. The van der Waals surface area contributed by atoms with Crippen LogP contribution in [0.3, 0.4) is 0 Å². The molecule has 2 heterocycles. The fourth-order valence-corrected chi connectivity index (χ4v) is 5.25. The highest BCUT2D eigenvalue weighted by molar-refractivity contribution is 5.30. The van der Waals surface area contributed by atoms with Gasteiger partial charge in [-0.25, -0.2) is 0 Å². The average molecular weight is 386 g/mol. The van der Waals surface area contributed by atoms with Crippen LogP contribution in [0.25, 0.3) is 0 Å². The molecule has 1 aliphatic carbocycles. The predicted molar refractivity (Wildman–Crippen MR) is 118 cm³/mol. The molecular formula is C24H39N3O. The molecule has 2 unspecified atom stereocenters. The van der Waals surface area contributed by atoms with Gasteiger partial charge in [0.15, 0.2) is 0 Å². The monoisotopic (exact) mass is 385 g/mol. The first kappa shape index (κ1) is 21.4. The Morgan fingerprint density at radius 3 is 2.71 bits per heavy atom. The Balaban J connectivity index is 1.53. The third-order valence-corrected chi connectivity index (χ3v) is 6.83. The van der Waals surface area contributed by atoms with Crippen molar-refractivity contribution in [2.24, 2.45) is 17.1 Å².